The quantitative estimate of drug-likeness (QED) is 0.353. The number of carbonyl (C=O) groups is 3. The Labute approximate surface area is 217 Å². The van der Waals surface area contributed by atoms with Crippen molar-refractivity contribution in [2.45, 2.75) is 50.0 Å². The van der Waals surface area contributed by atoms with Gasteiger partial charge >= 0.3 is 0 Å². The topological polar surface area (TPSA) is 120 Å². The Hall–Kier alpha value is -2.53. The maximum absolute atomic E-state index is 13.8. The summed E-state index contributed by atoms with van der Waals surface area (Å²) in [5.74, 6) is -1.90. The number of carbonyl (C=O) groups excluding carboxylic acids is 3. The lowest BCUT2D eigenvalue weighted by Gasteiger charge is -2.34. The highest BCUT2D eigenvalue weighted by Crippen LogP contribution is 2.58. The lowest BCUT2D eigenvalue weighted by Crippen LogP contribution is -2.56. The Morgan fingerprint density at radius 2 is 1.84 bits per heavy atom. The van der Waals surface area contributed by atoms with Crippen molar-refractivity contribution < 1.29 is 29.0 Å². The summed E-state index contributed by atoms with van der Waals surface area (Å²) in [6, 6.07) is 8.88. The highest BCUT2D eigenvalue weighted by molar-refractivity contribution is 5.98. The van der Waals surface area contributed by atoms with Gasteiger partial charge in [0.1, 0.15) is 11.6 Å². The van der Waals surface area contributed by atoms with E-state index in [1.807, 2.05) is 30.3 Å². The number of hydrogen-bond donors (Lipinski definition) is 3. The molecule has 3 N–H and O–H groups in total. The van der Waals surface area contributed by atoms with Crippen molar-refractivity contribution >= 4 is 17.7 Å². The first-order valence-corrected chi connectivity index (χ1v) is 13.5. The molecule has 202 valence electrons. The molecular formula is C27H38N4O6. The van der Waals surface area contributed by atoms with E-state index in [9.17, 15) is 19.5 Å². The second kappa shape index (κ2) is 11.5. The molecule has 1 spiro atoms. The number of hydrogen-bond acceptors (Lipinski definition) is 7. The van der Waals surface area contributed by atoms with Crippen LogP contribution in [0.4, 0.5) is 0 Å². The van der Waals surface area contributed by atoms with Crippen molar-refractivity contribution in [3.63, 3.8) is 0 Å². The summed E-state index contributed by atoms with van der Waals surface area (Å²) >= 11 is 0. The number of rotatable bonds is 11. The summed E-state index contributed by atoms with van der Waals surface area (Å²) in [5, 5.41) is 15.3. The van der Waals surface area contributed by atoms with Gasteiger partial charge < -0.3 is 30.1 Å². The molecule has 4 heterocycles. The van der Waals surface area contributed by atoms with Gasteiger partial charge in [0.15, 0.2) is 0 Å². The second-order valence-corrected chi connectivity index (χ2v) is 10.5. The molecule has 0 aromatic heterocycles. The number of aliphatic hydroxyl groups is 1. The van der Waals surface area contributed by atoms with Gasteiger partial charge in [-0.1, -0.05) is 30.3 Å². The number of benzene rings is 1. The van der Waals surface area contributed by atoms with Gasteiger partial charge in [-0.3, -0.25) is 19.3 Å². The molecule has 0 aliphatic carbocycles. The van der Waals surface area contributed by atoms with E-state index in [4.69, 9.17) is 9.47 Å². The average Bonchev–Trinajstić information content (AvgIpc) is 3.56. The van der Waals surface area contributed by atoms with Crippen molar-refractivity contribution in [3.05, 3.63) is 35.9 Å². The number of likely N-dealkylation sites (tertiary alicyclic amines) is 1. The zero-order chi connectivity index (χ0) is 25.8. The average molecular weight is 515 g/mol. The lowest BCUT2D eigenvalue weighted by molar-refractivity contribution is -0.142. The minimum Gasteiger partial charge on any atom is -0.396 e. The van der Waals surface area contributed by atoms with Crippen LogP contribution in [-0.2, 0) is 30.4 Å². The molecular weight excluding hydrogens is 476 g/mol. The predicted octanol–water partition coefficient (Wildman–Crippen LogP) is -0.102. The van der Waals surface area contributed by atoms with Crippen LogP contribution < -0.4 is 10.6 Å². The van der Waals surface area contributed by atoms with Crippen LogP contribution in [0.5, 0.6) is 0 Å². The van der Waals surface area contributed by atoms with E-state index in [1.165, 1.54) is 0 Å². The molecule has 4 saturated heterocycles. The van der Waals surface area contributed by atoms with E-state index in [0.29, 0.717) is 65.1 Å². The third kappa shape index (κ3) is 5.12. The van der Waals surface area contributed by atoms with Crippen LogP contribution in [-0.4, -0.2) is 103 Å². The third-order valence-electron chi connectivity index (χ3n) is 8.30. The molecule has 1 aromatic carbocycles. The Morgan fingerprint density at radius 3 is 2.59 bits per heavy atom. The molecule has 2 unspecified atom stereocenters. The fourth-order valence-corrected chi connectivity index (χ4v) is 6.55. The van der Waals surface area contributed by atoms with Gasteiger partial charge in [0, 0.05) is 45.9 Å². The van der Waals surface area contributed by atoms with Crippen LogP contribution >= 0.6 is 0 Å². The number of nitrogens with one attached hydrogen (secondary N) is 2. The van der Waals surface area contributed by atoms with Gasteiger partial charge in [-0.25, -0.2) is 0 Å². The Balaban J connectivity index is 1.30. The molecule has 10 heteroatoms. The Bertz CT molecular complexity index is 971. The molecule has 4 fully saturated rings. The van der Waals surface area contributed by atoms with E-state index in [1.54, 1.807) is 4.90 Å². The summed E-state index contributed by atoms with van der Waals surface area (Å²) in [7, 11) is 0. The van der Waals surface area contributed by atoms with Crippen LogP contribution in [0.1, 0.15) is 31.2 Å². The van der Waals surface area contributed by atoms with Gasteiger partial charge in [-0.05, 0) is 31.2 Å². The molecule has 0 saturated carbocycles. The van der Waals surface area contributed by atoms with Crippen LogP contribution in [0.3, 0.4) is 0 Å². The van der Waals surface area contributed by atoms with E-state index in [2.05, 4.69) is 15.5 Å². The smallest absolute Gasteiger partial charge is 0.245 e. The first-order chi connectivity index (χ1) is 18.0. The van der Waals surface area contributed by atoms with Crippen molar-refractivity contribution in [3.8, 4) is 0 Å². The van der Waals surface area contributed by atoms with Crippen molar-refractivity contribution in [1.82, 2.24) is 20.4 Å². The monoisotopic (exact) mass is 514 g/mol. The fraction of sp³-hybridized carbons (Fsp3) is 0.667. The standard InChI is InChI=1S/C27H38N4O6/c32-15-5-4-11-31-23(25(34)28-10-12-30-13-16-36-17-14-30)27-9-8-20(37-27)21(22(27)26(31)35)24(33)29-18-19-6-2-1-3-7-19/h1-3,6-7,20-23,32H,4-5,8-18H2,(H,28,34)(H,29,33)/t20-,21+,22+,23?,27?/m1/s1. The number of morpholine rings is 1. The molecule has 10 nitrogen and oxygen atoms in total. The van der Waals surface area contributed by atoms with E-state index in [-0.39, 0.29) is 30.4 Å². The molecule has 5 atom stereocenters. The molecule has 5 rings (SSSR count). The zero-order valence-corrected chi connectivity index (χ0v) is 21.3. The molecule has 0 radical (unpaired) electrons. The minimum absolute atomic E-state index is 0.0239. The Kier molecular flexibility index (Phi) is 8.09. The number of ether oxygens (including phenoxy) is 2. The predicted molar refractivity (Wildman–Crippen MR) is 134 cm³/mol. The molecule has 1 aromatic rings. The van der Waals surface area contributed by atoms with Crippen molar-refractivity contribution in [1.29, 1.82) is 0 Å². The maximum atomic E-state index is 13.8. The highest BCUT2D eigenvalue weighted by Gasteiger charge is 2.74. The summed E-state index contributed by atoms with van der Waals surface area (Å²) < 4.78 is 11.8. The van der Waals surface area contributed by atoms with Crippen molar-refractivity contribution in [2.24, 2.45) is 11.8 Å². The van der Waals surface area contributed by atoms with E-state index in [0.717, 1.165) is 18.7 Å². The van der Waals surface area contributed by atoms with E-state index < -0.39 is 23.5 Å². The van der Waals surface area contributed by atoms with Gasteiger partial charge in [0.25, 0.3) is 0 Å². The summed E-state index contributed by atoms with van der Waals surface area (Å²) in [6.45, 7) is 4.99. The van der Waals surface area contributed by atoms with Crippen molar-refractivity contribution in [2.75, 3.05) is 52.5 Å². The third-order valence-corrected chi connectivity index (χ3v) is 8.30. The first kappa shape index (κ1) is 26.1. The molecule has 37 heavy (non-hydrogen) atoms. The van der Waals surface area contributed by atoms with Crippen LogP contribution in [0.15, 0.2) is 30.3 Å². The van der Waals surface area contributed by atoms with Gasteiger partial charge in [0.2, 0.25) is 17.7 Å². The molecule has 4 aliphatic rings. The van der Waals surface area contributed by atoms with Gasteiger partial charge in [0.05, 0.1) is 31.2 Å². The van der Waals surface area contributed by atoms with Crippen LogP contribution in [0.2, 0.25) is 0 Å². The van der Waals surface area contributed by atoms with E-state index >= 15 is 0 Å². The lowest BCUT2D eigenvalue weighted by atomic mass is 9.70. The number of amides is 3. The number of fused-ring (bicyclic) bond motifs is 1. The molecule has 4 aliphatic heterocycles. The highest BCUT2D eigenvalue weighted by atomic mass is 16.5. The SMILES string of the molecule is O=C(NCCN1CCOCC1)C1N(CCCCO)C(=O)[C@@H]2[C@@H](C(=O)NCc3ccccc3)[C@H]3CCC12O3. The first-order valence-electron chi connectivity index (χ1n) is 13.5. The number of aliphatic hydroxyl groups excluding tert-OH is 1. The Morgan fingerprint density at radius 1 is 1.05 bits per heavy atom. The minimum atomic E-state index is -0.987. The summed E-state index contributed by atoms with van der Waals surface area (Å²) in [6.07, 6.45) is 1.98. The number of nitrogens with zero attached hydrogens (tertiary/aromatic N) is 2. The van der Waals surface area contributed by atoms with Crippen LogP contribution in [0, 0.1) is 11.8 Å². The van der Waals surface area contributed by atoms with Crippen LogP contribution in [0.25, 0.3) is 0 Å². The van der Waals surface area contributed by atoms with Gasteiger partial charge in [-0.15, -0.1) is 0 Å². The van der Waals surface area contributed by atoms with Gasteiger partial charge in [-0.2, -0.15) is 0 Å². The second-order valence-electron chi connectivity index (χ2n) is 10.5. The molecule has 3 amide bonds. The maximum Gasteiger partial charge on any atom is 0.245 e. The summed E-state index contributed by atoms with van der Waals surface area (Å²) in [5.41, 5.74) is -0.00536. The fourth-order valence-electron chi connectivity index (χ4n) is 6.55. The number of unbranched alkanes of at least 4 members (excludes halogenated alkanes) is 1. The largest absolute Gasteiger partial charge is 0.396 e. The molecule has 2 bridgehead atoms. The summed E-state index contributed by atoms with van der Waals surface area (Å²) in [4.78, 5) is 44.6. The normalized spacial score (nSPS) is 30.9. The zero-order valence-electron chi connectivity index (χ0n) is 21.3.